The smallest absolute Gasteiger partial charge is 0.272 e. The highest BCUT2D eigenvalue weighted by Crippen LogP contribution is 2.21. The van der Waals surface area contributed by atoms with Crippen LogP contribution in [0.5, 0.6) is 0 Å². The summed E-state index contributed by atoms with van der Waals surface area (Å²) in [4.78, 5) is 25.3. The molecule has 1 aliphatic rings. The number of carbonyl (C=O) groups is 1. The van der Waals surface area contributed by atoms with Gasteiger partial charge in [0.2, 0.25) is 11.7 Å². The van der Waals surface area contributed by atoms with Crippen LogP contribution in [0.3, 0.4) is 0 Å². The van der Waals surface area contributed by atoms with E-state index in [1.54, 1.807) is 11.7 Å². The quantitative estimate of drug-likeness (QED) is 0.403. The van der Waals surface area contributed by atoms with E-state index in [-0.39, 0.29) is 11.5 Å². The average Bonchev–Trinajstić information content (AvgIpc) is 3.32. The first kappa shape index (κ1) is 22.0. The van der Waals surface area contributed by atoms with Crippen molar-refractivity contribution in [2.75, 3.05) is 13.7 Å². The van der Waals surface area contributed by atoms with E-state index in [1.165, 1.54) is 37.0 Å². The molecule has 1 amide bonds. The Morgan fingerprint density at radius 1 is 1.23 bits per heavy atom. The van der Waals surface area contributed by atoms with Gasteiger partial charge < -0.3 is 10.1 Å². The zero-order valence-corrected chi connectivity index (χ0v) is 19.0. The maximum absolute atomic E-state index is 12.9. The molecule has 0 aromatic carbocycles. The van der Waals surface area contributed by atoms with Crippen molar-refractivity contribution < 1.29 is 9.53 Å². The Kier molecular flexibility index (Phi) is 7.34. The third kappa shape index (κ3) is 4.98. The molecule has 0 radical (unpaired) electrons. The monoisotopic (exact) mass is 445 g/mol. The van der Waals surface area contributed by atoms with Gasteiger partial charge in [-0.2, -0.15) is 0 Å². The molecule has 3 aromatic heterocycles. The molecule has 168 valence electrons. The van der Waals surface area contributed by atoms with Gasteiger partial charge in [0.1, 0.15) is 10.5 Å². The highest BCUT2D eigenvalue weighted by Gasteiger charge is 2.18. The fourth-order valence-electron chi connectivity index (χ4n) is 4.44. The lowest BCUT2D eigenvalue weighted by Crippen LogP contribution is -2.34. The number of fused-ring (bicyclic) bond motifs is 3. The van der Waals surface area contributed by atoms with E-state index in [4.69, 9.17) is 4.74 Å². The highest BCUT2D eigenvalue weighted by molar-refractivity contribution is 7.17. The van der Waals surface area contributed by atoms with Gasteiger partial charge in [-0.3, -0.25) is 18.6 Å². The van der Waals surface area contributed by atoms with Crippen LogP contribution in [0.2, 0.25) is 0 Å². The van der Waals surface area contributed by atoms with E-state index in [9.17, 15) is 9.59 Å². The molecule has 0 bridgehead atoms. The Morgan fingerprint density at radius 2 is 2.03 bits per heavy atom. The first-order chi connectivity index (χ1) is 15.2. The van der Waals surface area contributed by atoms with Crippen LogP contribution in [0.25, 0.3) is 16.0 Å². The van der Waals surface area contributed by atoms with Gasteiger partial charge in [0.15, 0.2) is 0 Å². The molecule has 0 atom stereocenters. The van der Waals surface area contributed by atoms with Gasteiger partial charge in [-0.15, -0.1) is 21.5 Å². The first-order valence-corrected chi connectivity index (χ1v) is 12.2. The molecule has 0 unspecified atom stereocenters. The van der Waals surface area contributed by atoms with Crippen LogP contribution >= 0.6 is 11.3 Å². The van der Waals surface area contributed by atoms with E-state index in [2.05, 4.69) is 15.5 Å². The fraction of sp³-hybridized carbons (Fsp3) is 0.636. The fourth-order valence-corrected chi connectivity index (χ4v) is 5.27. The summed E-state index contributed by atoms with van der Waals surface area (Å²) in [6.07, 6.45) is 9.71. The Hall–Kier alpha value is -2.26. The molecule has 1 fully saturated rings. The van der Waals surface area contributed by atoms with Crippen LogP contribution in [0.1, 0.15) is 63.6 Å². The molecule has 0 spiro atoms. The summed E-state index contributed by atoms with van der Waals surface area (Å²) in [6, 6.07) is 2.27. The van der Waals surface area contributed by atoms with Gasteiger partial charge in [-0.1, -0.05) is 25.7 Å². The van der Waals surface area contributed by atoms with E-state index in [1.807, 2.05) is 15.8 Å². The minimum atomic E-state index is -0.0321. The standard InChI is InChI=1S/C22H31N5O3S/c1-30-14-7-13-26-21(29)20-17(12-15-31-20)27-18(24-25-22(26)27)10-6-11-19(28)23-16-8-4-2-3-5-9-16/h12,15-16H,2-11,13-14H2,1H3,(H,23,28). The second kappa shape index (κ2) is 10.4. The molecule has 3 heterocycles. The molecule has 4 rings (SSSR count). The minimum Gasteiger partial charge on any atom is -0.385 e. The number of rotatable bonds is 9. The first-order valence-electron chi connectivity index (χ1n) is 11.3. The van der Waals surface area contributed by atoms with E-state index in [0.29, 0.717) is 48.9 Å². The molecule has 8 nitrogen and oxygen atoms in total. The predicted octanol–water partition coefficient (Wildman–Crippen LogP) is 3.30. The lowest BCUT2D eigenvalue weighted by atomic mass is 10.1. The Morgan fingerprint density at radius 3 is 2.81 bits per heavy atom. The van der Waals surface area contributed by atoms with E-state index >= 15 is 0 Å². The van der Waals surface area contributed by atoms with Gasteiger partial charge >= 0.3 is 0 Å². The second-order valence-electron chi connectivity index (χ2n) is 8.30. The number of hydrogen-bond donors (Lipinski definition) is 1. The second-order valence-corrected chi connectivity index (χ2v) is 9.22. The number of nitrogens with zero attached hydrogens (tertiary/aromatic N) is 4. The average molecular weight is 446 g/mol. The number of nitrogens with one attached hydrogen (secondary N) is 1. The van der Waals surface area contributed by atoms with Gasteiger partial charge in [-0.25, -0.2) is 0 Å². The number of amides is 1. The predicted molar refractivity (Wildman–Crippen MR) is 122 cm³/mol. The summed E-state index contributed by atoms with van der Waals surface area (Å²) in [5, 5.41) is 13.8. The normalized spacial score (nSPS) is 15.5. The van der Waals surface area contributed by atoms with Crippen molar-refractivity contribution in [3.8, 4) is 0 Å². The number of aromatic nitrogens is 4. The maximum atomic E-state index is 12.9. The summed E-state index contributed by atoms with van der Waals surface area (Å²) in [6.45, 7) is 1.12. The molecule has 1 aliphatic carbocycles. The molecule has 0 aliphatic heterocycles. The van der Waals surface area contributed by atoms with Crippen LogP contribution in [-0.2, 0) is 22.5 Å². The van der Waals surface area contributed by atoms with Crippen LogP contribution in [-0.4, -0.2) is 44.8 Å². The van der Waals surface area contributed by atoms with E-state index in [0.717, 1.165) is 30.6 Å². The molecular weight excluding hydrogens is 414 g/mol. The van der Waals surface area contributed by atoms with Gasteiger partial charge in [0.25, 0.3) is 5.56 Å². The molecule has 1 saturated carbocycles. The molecule has 3 aromatic rings. The van der Waals surface area contributed by atoms with Crippen molar-refractivity contribution >= 4 is 33.2 Å². The lowest BCUT2D eigenvalue weighted by Gasteiger charge is -2.16. The third-order valence-corrected chi connectivity index (χ3v) is 6.93. The molecule has 1 N–H and O–H groups in total. The minimum absolute atomic E-state index is 0.0321. The van der Waals surface area contributed by atoms with Gasteiger partial charge in [0.05, 0.1) is 5.52 Å². The van der Waals surface area contributed by atoms with Crippen molar-refractivity contribution in [1.82, 2.24) is 24.5 Å². The van der Waals surface area contributed by atoms with Gasteiger partial charge in [-0.05, 0) is 37.1 Å². The number of thiophene rings is 1. The maximum Gasteiger partial charge on any atom is 0.272 e. The topological polar surface area (TPSA) is 90.5 Å². The lowest BCUT2D eigenvalue weighted by molar-refractivity contribution is -0.122. The number of carbonyl (C=O) groups excluding carboxylic acids is 1. The summed E-state index contributed by atoms with van der Waals surface area (Å²) < 4.78 is 9.51. The van der Waals surface area contributed by atoms with Crippen LogP contribution in [0.4, 0.5) is 0 Å². The largest absolute Gasteiger partial charge is 0.385 e. The SMILES string of the molecule is COCCCn1c(=O)c2sccc2n2c(CCCC(=O)NC3CCCCCC3)nnc12. The number of aryl methyl sites for hydroxylation is 2. The summed E-state index contributed by atoms with van der Waals surface area (Å²) >= 11 is 1.44. The summed E-state index contributed by atoms with van der Waals surface area (Å²) in [5.74, 6) is 1.48. The molecule has 0 saturated heterocycles. The number of methoxy groups -OCH3 is 1. The van der Waals surface area contributed by atoms with Crippen molar-refractivity contribution in [3.05, 3.63) is 27.6 Å². The Labute approximate surface area is 185 Å². The van der Waals surface area contributed by atoms with Crippen molar-refractivity contribution in [1.29, 1.82) is 0 Å². The Balaban J connectivity index is 1.47. The van der Waals surface area contributed by atoms with Crippen molar-refractivity contribution in [2.24, 2.45) is 0 Å². The Bertz CT molecular complexity index is 1080. The molecule has 31 heavy (non-hydrogen) atoms. The third-order valence-electron chi connectivity index (χ3n) is 6.03. The summed E-state index contributed by atoms with van der Waals surface area (Å²) in [5.41, 5.74) is 0.811. The van der Waals surface area contributed by atoms with E-state index < -0.39 is 0 Å². The summed E-state index contributed by atoms with van der Waals surface area (Å²) in [7, 11) is 1.65. The zero-order chi connectivity index (χ0) is 21.6. The molecular formula is C22H31N5O3S. The van der Waals surface area contributed by atoms with Crippen LogP contribution in [0, 0.1) is 0 Å². The van der Waals surface area contributed by atoms with Crippen molar-refractivity contribution in [3.63, 3.8) is 0 Å². The number of ether oxygens (including phenoxy) is 1. The highest BCUT2D eigenvalue weighted by atomic mass is 32.1. The zero-order valence-electron chi connectivity index (χ0n) is 18.1. The molecule has 9 heteroatoms. The van der Waals surface area contributed by atoms with Crippen molar-refractivity contribution in [2.45, 2.75) is 76.8 Å². The number of hydrogen-bond acceptors (Lipinski definition) is 6. The van der Waals surface area contributed by atoms with Gasteiger partial charge in [0, 0.05) is 39.1 Å². The van der Waals surface area contributed by atoms with Crippen LogP contribution < -0.4 is 10.9 Å². The van der Waals surface area contributed by atoms with Crippen LogP contribution in [0.15, 0.2) is 16.2 Å².